The van der Waals surface area contributed by atoms with Gasteiger partial charge in [0.05, 0.1) is 12.3 Å². The standard InChI is InChI=1S/C13H13BrN2O3S/c1-9-4-11(14)6-12(5-9)16-20(18,19)13-3-2-10(8-17)7-15-13/h2-7,16-17H,8H2,1H3. The summed E-state index contributed by atoms with van der Waals surface area (Å²) < 4.78 is 27.6. The number of hydrogen-bond acceptors (Lipinski definition) is 4. The average molecular weight is 357 g/mol. The summed E-state index contributed by atoms with van der Waals surface area (Å²) in [6.07, 6.45) is 1.33. The zero-order valence-corrected chi connectivity index (χ0v) is 13.1. The molecule has 2 N–H and O–H groups in total. The predicted molar refractivity (Wildman–Crippen MR) is 79.8 cm³/mol. The Labute approximate surface area is 125 Å². The number of halogens is 1. The van der Waals surface area contributed by atoms with Crippen LogP contribution >= 0.6 is 15.9 Å². The van der Waals surface area contributed by atoms with Gasteiger partial charge in [0.1, 0.15) is 0 Å². The minimum absolute atomic E-state index is 0.0904. The lowest BCUT2D eigenvalue weighted by Crippen LogP contribution is -2.14. The molecule has 0 unspecified atom stereocenters. The maximum atomic E-state index is 12.2. The summed E-state index contributed by atoms with van der Waals surface area (Å²) >= 11 is 3.32. The first kappa shape index (κ1) is 15.0. The largest absolute Gasteiger partial charge is 0.392 e. The van der Waals surface area contributed by atoms with Crippen molar-refractivity contribution in [2.75, 3.05) is 4.72 Å². The number of rotatable bonds is 4. The van der Waals surface area contributed by atoms with Crippen molar-refractivity contribution in [3.8, 4) is 0 Å². The maximum absolute atomic E-state index is 12.2. The number of benzene rings is 1. The Morgan fingerprint density at radius 3 is 2.60 bits per heavy atom. The molecule has 2 rings (SSSR count). The number of hydrogen-bond donors (Lipinski definition) is 2. The van der Waals surface area contributed by atoms with Crippen molar-refractivity contribution in [3.63, 3.8) is 0 Å². The van der Waals surface area contributed by atoms with E-state index in [4.69, 9.17) is 5.11 Å². The zero-order chi connectivity index (χ0) is 14.8. The monoisotopic (exact) mass is 356 g/mol. The molecule has 0 spiro atoms. The number of pyridine rings is 1. The number of anilines is 1. The predicted octanol–water partition coefficient (Wildman–Crippen LogP) is 2.45. The highest BCUT2D eigenvalue weighted by atomic mass is 79.9. The molecule has 0 saturated heterocycles. The van der Waals surface area contributed by atoms with Crippen LogP contribution in [0.3, 0.4) is 0 Å². The van der Waals surface area contributed by atoms with Crippen LogP contribution < -0.4 is 4.72 Å². The molecule has 0 atom stereocenters. The SMILES string of the molecule is Cc1cc(Br)cc(NS(=O)(=O)c2ccc(CO)cn2)c1. The van der Waals surface area contributed by atoms with E-state index in [0.717, 1.165) is 10.0 Å². The van der Waals surface area contributed by atoms with Crippen LogP contribution in [0.25, 0.3) is 0 Å². The third-order valence-corrected chi connectivity index (χ3v) is 4.30. The van der Waals surface area contributed by atoms with Gasteiger partial charge >= 0.3 is 0 Å². The topological polar surface area (TPSA) is 79.3 Å². The molecule has 20 heavy (non-hydrogen) atoms. The van der Waals surface area contributed by atoms with E-state index < -0.39 is 10.0 Å². The smallest absolute Gasteiger partial charge is 0.279 e. The van der Waals surface area contributed by atoms with Gasteiger partial charge in [0.15, 0.2) is 5.03 Å². The van der Waals surface area contributed by atoms with Crippen molar-refractivity contribution < 1.29 is 13.5 Å². The molecular formula is C13H13BrN2O3S. The van der Waals surface area contributed by atoms with E-state index >= 15 is 0 Å². The molecule has 7 heteroatoms. The van der Waals surface area contributed by atoms with Gasteiger partial charge in [0, 0.05) is 10.7 Å². The van der Waals surface area contributed by atoms with E-state index in [1.807, 2.05) is 13.0 Å². The van der Waals surface area contributed by atoms with Crippen molar-refractivity contribution in [2.24, 2.45) is 0 Å². The molecule has 5 nitrogen and oxygen atoms in total. The second kappa shape index (κ2) is 5.90. The van der Waals surface area contributed by atoms with E-state index in [-0.39, 0.29) is 11.6 Å². The Bertz CT molecular complexity index is 695. The molecule has 0 aliphatic carbocycles. The summed E-state index contributed by atoms with van der Waals surface area (Å²) in [5.41, 5.74) is 1.95. The Morgan fingerprint density at radius 1 is 1.30 bits per heavy atom. The molecule has 0 bridgehead atoms. The van der Waals surface area contributed by atoms with Crippen LogP contribution in [0.1, 0.15) is 11.1 Å². The summed E-state index contributed by atoms with van der Waals surface area (Å²) in [6.45, 7) is 1.70. The number of aromatic nitrogens is 1. The van der Waals surface area contributed by atoms with Gasteiger partial charge in [-0.15, -0.1) is 0 Å². The average Bonchev–Trinajstić information content (AvgIpc) is 2.37. The van der Waals surface area contributed by atoms with E-state index in [2.05, 4.69) is 25.6 Å². The first-order valence-electron chi connectivity index (χ1n) is 5.76. The number of aliphatic hydroxyl groups is 1. The van der Waals surface area contributed by atoms with Crippen LogP contribution in [0.5, 0.6) is 0 Å². The molecule has 0 aliphatic heterocycles. The van der Waals surface area contributed by atoms with Gasteiger partial charge in [-0.1, -0.05) is 22.0 Å². The highest BCUT2D eigenvalue weighted by Crippen LogP contribution is 2.21. The molecular weight excluding hydrogens is 344 g/mol. The lowest BCUT2D eigenvalue weighted by atomic mass is 10.2. The first-order valence-corrected chi connectivity index (χ1v) is 8.04. The summed E-state index contributed by atoms with van der Waals surface area (Å²) in [6, 6.07) is 8.16. The molecule has 106 valence electrons. The van der Waals surface area contributed by atoms with E-state index in [1.54, 1.807) is 12.1 Å². The van der Waals surface area contributed by atoms with Crippen molar-refractivity contribution in [2.45, 2.75) is 18.6 Å². The van der Waals surface area contributed by atoms with Crippen molar-refractivity contribution in [3.05, 3.63) is 52.1 Å². The van der Waals surface area contributed by atoms with E-state index in [1.165, 1.54) is 18.3 Å². The maximum Gasteiger partial charge on any atom is 0.279 e. The summed E-state index contributed by atoms with van der Waals surface area (Å²) in [4.78, 5) is 3.84. The van der Waals surface area contributed by atoms with Gasteiger partial charge < -0.3 is 5.11 Å². The number of aliphatic hydroxyl groups excluding tert-OH is 1. The van der Waals surface area contributed by atoms with Crippen molar-refractivity contribution in [1.29, 1.82) is 0 Å². The van der Waals surface area contributed by atoms with Crippen LogP contribution in [-0.4, -0.2) is 18.5 Å². The van der Waals surface area contributed by atoms with Crippen molar-refractivity contribution in [1.82, 2.24) is 4.98 Å². The van der Waals surface area contributed by atoms with Gasteiger partial charge in [0.25, 0.3) is 10.0 Å². The fourth-order valence-corrected chi connectivity index (χ4v) is 3.25. The molecule has 0 fully saturated rings. The molecule has 2 aromatic rings. The number of nitrogens with zero attached hydrogens (tertiary/aromatic N) is 1. The van der Waals surface area contributed by atoms with Gasteiger partial charge in [-0.25, -0.2) is 4.98 Å². The fraction of sp³-hybridized carbons (Fsp3) is 0.154. The molecule has 0 saturated carbocycles. The first-order chi connectivity index (χ1) is 9.40. The number of aryl methyl sites for hydroxylation is 1. The molecule has 0 aliphatic rings. The van der Waals surface area contributed by atoms with Crippen LogP contribution in [0.2, 0.25) is 0 Å². The minimum Gasteiger partial charge on any atom is -0.392 e. The van der Waals surface area contributed by atoms with Crippen LogP contribution in [0.15, 0.2) is 46.0 Å². The summed E-state index contributed by atoms with van der Waals surface area (Å²) in [7, 11) is -3.74. The van der Waals surface area contributed by atoms with Gasteiger partial charge in [-0.05, 0) is 42.3 Å². The molecule has 0 amide bonds. The van der Waals surface area contributed by atoms with Gasteiger partial charge in [0.2, 0.25) is 0 Å². The summed E-state index contributed by atoms with van der Waals surface area (Å²) in [5, 5.41) is 8.83. The lowest BCUT2D eigenvalue weighted by molar-refractivity contribution is 0.281. The lowest BCUT2D eigenvalue weighted by Gasteiger charge is -2.09. The van der Waals surface area contributed by atoms with Crippen molar-refractivity contribution >= 4 is 31.6 Å². The Morgan fingerprint density at radius 2 is 2.05 bits per heavy atom. The molecule has 1 aromatic heterocycles. The van der Waals surface area contributed by atoms with Gasteiger partial charge in [-0.2, -0.15) is 8.42 Å². The highest BCUT2D eigenvalue weighted by molar-refractivity contribution is 9.10. The zero-order valence-electron chi connectivity index (χ0n) is 10.7. The quantitative estimate of drug-likeness (QED) is 0.881. The normalized spacial score (nSPS) is 11.3. The van der Waals surface area contributed by atoms with E-state index in [0.29, 0.717) is 11.3 Å². The second-order valence-electron chi connectivity index (χ2n) is 4.29. The second-order valence-corrected chi connectivity index (χ2v) is 6.83. The minimum atomic E-state index is -3.74. The number of sulfonamides is 1. The fourth-order valence-electron chi connectivity index (χ4n) is 1.67. The molecule has 1 heterocycles. The Kier molecular flexibility index (Phi) is 4.42. The molecule has 1 aromatic carbocycles. The Balaban J connectivity index is 2.30. The molecule has 0 radical (unpaired) electrons. The third-order valence-electron chi connectivity index (χ3n) is 2.55. The third kappa shape index (κ3) is 3.56. The van der Waals surface area contributed by atoms with Crippen LogP contribution in [0.4, 0.5) is 5.69 Å². The number of nitrogens with one attached hydrogen (secondary N) is 1. The van der Waals surface area contributed by atoms with Crippen LogP contribution in [-0.2, 0) is 16.6 Å². The van der Waals surface area contributed by atoms with Crippen LogP contribution in [0, 0.1) is 6.92 Å². The van der Waals surface area contributed by atoms with E-state index in [9.17, 15) is 8.42 Å². The van der Waals surface area contributed by atoms with Gasteiger partial charge in [-0.3, -0.25) is 4.72 Å². The summed E-state index contributed by atoms with van der Waals surface area (Å²) in [5.74, 6) is 0. The highest BCUT2D eigenvalue weighted by Gasteiger charge is 2.16. The Hall–Kier alpha value is -1.44.